The van der Waals surface area contributed by atoms with Gasteiger partial charge in [0.05, 0.1) is 11.5 Å². The summed E-state index contributed by atoms with van der Waals surface area (Å²) in [6.07, 6.45) is 3.24. The second kappa shape index (κ2) is 3.17. The third kappa shape index (κ3) is 2.46. The van der Waals surface area contributed by atoms with Gasteiger partial charge in [0.25, 0.3) is 0 Å². The van der Waals surface area contributed by atoms with Crippen molar-refractivity contribution in [1.82, 2.24) is 0 Å². The highest BCUT2D eigenvalue weighted by Crippen LogP contribution is 2.16. The summed E-state index contributed by atoms with van der Waals surface area (Å²) in [6, 6.07) is 0. The lowest BCUT2D eigenvalue weighted by Crippen LogP contribution is -2.17. The predicted molar refractivity (Wildman–Crippen MR) is 42.0 cm³/mol. The number of aldehydes is 1. The molecule has 0 atom stereocenters. The fourth-order valence-corrected chi connectivity index (χ4v) is 2.41. The Kier molecular flexibility index (Phi) is 2.44. The lowest BCUT2D eigenvalue weighted by atomic mass is 10.1. The van der Waals surface area contributed by atoms with Crippen LogP contribution in [0, 0.1) is 0 Å². The maximum Gasteiger partial charge on any atom is 0.150 e. The van der Waals surface area contributed by atoms with Gasteiger partial charge in [-0.25, -0.2) is 8.42 Å². The van der Waals surface area contributed by atoms with E-state index >= 15 is 0 Å². The van der Waals surface area contributed by atoms with Gasteiger partial charge in [0.1, 0.15) is 6.29 Å². The summed E-state index contributed by atoms with van der Waals surface area (Å²) >= 11 is 0. The van der Waals surface area contributed by atoms with E-state index in [1.807, 2.05) is 0 Å². The fourth-order valence-electron chi connectivity index (χ4n) is 1.06. The van der Waals surface area contributed by atoms with Gasteiger partial charge in [-0.3, -0.25) is 4.79 Å². The summed E-state index contributed by atoms with van der Waals surface area (Å²) < 4.78 is 21.8. The van der Waals surface area contributed by atoms with Crippen molar-refractivity contribution in [2.75, 3.05) is 11.5 Å². The SMILES string of the molecule is O=CC=C1CCS(=O)(=O)CC1. The first kappa shape index (κ1) is 8.46. The first-order valence-corrected chi connectivity index (χ1v) is 5.30. The maximum absolute atomic E-state index is 10.9. The molecule has 0 spiro atoms. The zero-order valence-electron chi connectivity index (χ0n) is 6.12. The van der Waals surface area contributed by atoms with Crippen LogP contribution in [0.15, 0.2) is 11.6 Å². The molecule has 62 valence electrons. The Bertz CT molecular complexity index is 258. The molecule has 0 bridgehead atoms. The lowest BCUT2D eigenvalue weighted by Gasteiger charge is -2.12. The van der Waals surface area contributed by atoms with E-state index in [0.29, 0.717) is 19.1 Å². The molecule has 0 aromatic heterocycles. The van der Waals surface area contributed by atoms with Crippen molar-refractivity contribution in [3.8, 4) is 0 Å². The van der Waals surface area contributed by atoms with Gasteiger partial charge >= 0.3 is 0 Å². The van der Waals surface area contributed by atoms with Gasteiger partial charge in [-0.2, -0.15) is 0 Å². The van der Waals surface area contributed by atoms with Crippen LogP contribution in [-0.4, -0.2) is 26.2 Å². The molecular weight excluding hydrogens is 164 g/mol. The standard InChI is InChI=1S/C7H10O3S/c8-4-1-7-2-5-11(9,10)6-3-7/h1,4H,2-3,5-6H2. The molecule has 0 aromatic carbocycles. The second-order valence-corrected chi connectivity index (χ2v) is 4.92. The number of sulfone groups is 1. The Morgan fingerprint density at radius 1 is 1.18 bits per heavy atom. The highest BCUT2D eigenvalue weighted by atomic mass is 32.2. The summed E-state index contributed by atoms with van der Waals surface area (Å²) in [6.45, 7) is 0. The molecule has 0 aromatic rings. The van der Waals surface area contributed by atoms with E-state index in [9.17, 15) is 13.2 Å². The molecule has 1 aliphatic rings. The van der Waals surface area contributed by atoms with Crippen LogP contribution in [0.25, 0.3) is 0 Å². The van der Waals surface area contributed by atoms with Crippen molar-refractivity contribution in [1.29, 1.82) is 0 Å². The summed E-state index contributed by atoms with van der Waals surface area (Å²) in [4.78, 5) is 10.0. The summed E-state index contributed by atoms with van der Waals surface area (Å²) in [5.74, 6) is 0.402. The van der Waals surface area contributed by atoms with Crippen molar-refractivity contribution >= 4 is 16.1 Å². The lowest BCUT2D eigenvalue weighted by molar-refractivity contribution is -0.104. The van der Waals surface area contributed by atoms with Gasteiger partial charge in [0, 0.05) is 0 Å². The van der Waals surface area contributed by atoms with Crippen LogP contribution in [0.2, 0.25) is 0 Å². The third-order valence-electron chi connectivity index (χ3n) is 1.77. The highest BCUT2D eigenvalue weighted by Gasteiger charge is 2.18. The molecule has 1 aliphatic heterocycles. The van der Waals surface area contributed by atoms with Crippen molar-refractivity contribution in [2.24, 2.45) is 0 Å². The first-order valence-electron chi connectivity index (χ1n) is 3.48. The average molecular weight is 174 g/mol. The van der Waals surface area contributed by atoms with Crippen molar-refractivity contribution in [3.05, 3.63) is 11.6 Å². The molecular formula is C7H10O3S. The molecule has 0 aliphatic carbocycles. The van der Waals surface area contributed by atoms with Crippen LogP contribution in [-0.2, 0) is 14.6 Å². The van der Waals surface area contributed by atoms with Gasteiger partial charge in [-0.05, 0) is 18.9 Å². The zero-order valence-corrected chi connectivity index (χ0v) is 6.93. The van der Waals surface area contributed by atoms with Crippen LogP contribution < -0.4 is 0 Å². The molecule has 1 heterocycles. The van der Waals surface area contributed by atoms with Crippen LogP contribution >= 0.6 is 0 Å². The molecule has 0 amide bonds. The minimum absolute atomic E-state index is 0.201. The number of allylic oxidation sites excluding steroid dienone is 2. The topological polar surface area (TPSA) is 51.2 Å². The van der Waals surface area contributed by atoms with E-state index in [0.717, 1.165) is 5.57 Å². The predicted octanol–water partition coefficient (Wildman–Crippen LogP) is 0.320. The van der Waals surface area contributed by atoms with Gasteiger partial charge in [0.2, 0.25) is 0 Å². The Hall–Kier alpha value is -0.640. The van der Waals surface area contributed by atoms with E-state index < -0.39 is 9.84 Å². The van der Waals surface area contributed by atoms with Gasteiger partial charge < -0.3 is 0 Å². The Morgan fingerprint density at radius 2 is 1.73 bits per heavy atom. The van der Waals surface area contributed by atoms with Crippen molar-refractivity contribution in [2.45, 2.75) is 12.8 Å². The Labute approximate surface area is 66.0 Å². The number of rotatable bonds is 1. The quantitative estimate of drug-likeness (QED) is 0.425. The van der Waals surface area contributed by atoms with Crippen LogP contribution in [0.5, 0.6) is 0 Å². The number of carbonyl (C=O) groups is 1. The van der Waals surface area contributed by atoms with Crippen molar-refractivity contribution < 1.29 is 13.2 Å². The fraction of sp³-hybridized carbons (Fsp3) is 0.571. The van der Waals surface area contributed by atoms with E-state index in [1.165, 1.54) is 6.08 Å². The molecule has 4 heteroatoms. The van der Waals surface area contributed by atoms with Crippen LogP contribution in [0.4, 0.5) is 0 Å². The second-order valence-electron chi connectivity index (χ2n) is 2.61. The smallest absolute Gasteiger partial charge is 0.150 e. The molecule has 0 unspecified atom stereocenters. The molecule has 1 rings (SSSR count). The largest absolute Gasteiger partial charge is 0.299 e. The summed E-state index contributed by atoms with van der Waals surface area (Å²) in [5, 5.41) is 0. The van der Waals surface area contributed by atoms with Gasteiger partial charge in [-0.1, -0.05) is 5.57 Å². The van der Waals surface area contributed by atoms with E-state index in [-0.39, 0.29) is 11.5 Å². The van der Waals surface area contributed by atoms with Crippen LogP contribution in [0.3, 0.4) is 0 Å². The minimum atomic E-state index is -2.79. The molecule has 0 radical (unpaired) electrons. The third-order valence-corrected chi connectivity index (χ3v) is 3.42. The van der Waals surface area contributed by atoms with Gasteiger partial charge in [0.15, 0.2) is 9.84 Å². The maximum atomic E-state index is 10.9. The molecule has 1 saturated heterocycles. The van der Waals surface area contributed by atoms with Crippen molar-refractivity contribution in [3.63, 3.8) is 0 Å². The zero-order chi connectivity index (χ0) is 8.32. The van der Waals surface area contributed by atoms with E-state index in [1.54, 1.807) is 0 Å². The Morgan fingerprint density at radius 3 is 2.18 bits per heavy atom. The summed E-state index contributed by atoms with van der Waals surface area (Å²) in [7, 11) is -2.79. The highest BCUT2D eigenvalue weighted by molar-refractivity contribution is 7.91. The molecule has 3 nitrogen and oxygen atoms in total. The molecule has 11 heavy (non-hydrogen) atoms. The molecule has 1 fully saturated rings. The summed E-state index contributed by atoms with van der Waals surface area (Å²) in [5.41, 5.74) is 0.954. The van der Waals surface area contributed by atoms with Crippen LogP contribution in [0.1, 0.15) is 12.8 Å². The van der Waals surface area contributed by atoms with Gasteiger partial charge in [-0.15, -0.1) is 0 Å². The van der Waals surface area contributed by atoms with E-state index in [4.69, 9.17) is 0 Å². The number of hydrogen-bond donors (Lipinski definition) is 0. The average Bonchev–Trinajstić information content (AvgIpc) is 1.94. The molecule has 0 N–H and O–H groups in total. The first-order chi connectivity index (χ1) is 5.14. The Balaban J connectivity index is 2.62. The monoisotopic (exact) mass is 174 g/mol. The minimum Gasteiger partial charge on any atom is -0.299 e. The molecule has 0 saturated carbocycles. The van der Waals surface area contributed by atoms with E-state index in [2.05, 4.69) is 0 Å². The number of carbonyl (C=O) groups excluding carboxylic acids is 1. The normalized spacial score (nSPS) is 22.7. The number of hydrogen-bond acceptors (Lipinski definition) is 3.